The molecule has 25 heavy (non-hydrogen) atoms. The summed E-state index contributed by atoms with van der Waals surface area (Å²) < 4.78 is 17.8. The van der Waals surface area contributed by atoms with E-state index in [-0.39, 0.29) is 23.9 Å². The predicted molar refractivity (Wildman–Crippen MR) is 95.3 cm³/mol. The molecule has 0 aliphatic rings. The molecule has 2 rings (SSSR count). The van der Waals surface area contributed by atoms with Gasteiger partial charge in [-0.15, -0.1) is 0 Å². The summed E-state index contributed by atoms with van der Waals surface area (Å²) in [6, 6.07) is 11.5. The molecule has 0 aliphatic carbocycles. The number of hydrogen-bond donors (Lipinski definition) is 2. The Morgan fingerprint density at radius 2 is 1.80 bits per heavy atom. The number of ether oxygens (including phenoxy) is 1. The Morgan fingerprint density at radius 1 is 1.08 bits per heavy atom. The van der Waals surface area contributed by atoms with Gasteiger partial charge in [-0.2, -0.15) is 0 Å². The summed E-state index contributed by atoms with van der Waals surface area (Å²) in [5.74, 6) is 0.169. The molecular formula is C20H24FNO3. The van der Waals surface area contributed by atoms with Crippen LogP contribution in [-0.2, 0) is 17.6 Å². The number of aryl methyl sites for hydroxylation is 1. The van der Waals surface area contributed by atoms with Crippen LogP contribution in [0.15, 0.2) is 42.5 Å². The molecule has 0 aliphatic heterocycles. The maximum atomic E-state index is 12.8. The lowest BCUT2D eigenvalue weighted by atomic mass is 10.1. The highest BCUT2D eigenvalue weighted by Crippen LogP contribution is 2.26. The van der Waals surface area contributed by atoms with Gasteiger partial charge >= 0.3 is 0 Å². The van der Waals surface area contributed by atoms with Gasteiger partial charge in [0.15, 0.2) is 11.5 Å². The van der Waals surface area contributed by atoms with Crippen LogP contribution < -0.4 is 10.1 Å². The van der Waals surface area contributed by atoms with E-state index in [4.69, 9.17) is 4.74 Å². The van der Waals surface area contributed by atoms with Crippen molar-refractivity contribution < 1.29 is 19.0 Å². The Bertz CT molecular complexity index is 686. The van der Waals surface area contributed by atoms with Crippen LogP contribution in [-0.4, -0.2) is 24.7 Å². The van der Waals surface area contributed by atoms with Crippen LogP contribution >= 0.6 is 0 Å². The van der Waals surface area contributed by atoms with E-state index in [1.165, 1.54) is 25.3 Å². The number of unbranched alkanes of at least 4 members (excludes halogenated alkanes) is 2. The van der Waals surface area contributed by atoms with Gasteiger partial charge in [0.25, 0.3) is 0 Å². The number of aromatic hydroxyl groups is 1. The van der Waals surface area contributed by atoms with Crippen molar-refractivity contribution in [2.45, 2.75) is 32.1 Å². The van der Waals surface area contributed by atoms with Gasteiger partial charge in [0.2, 0.25) is 5.91 Å². The van der Waals surface area contributed by atoms with Gasteiger partial charge in [0.05, 0.1) is 13.5 Å². The zero-order valence-corrected chi connectivity index (χ0v) is 14.4. The predicted octanol–water partition coefficient (Wildman–Crippen LogP) is 3.61. The minimum atomic E-state index is -0.210. The van der Waals surface area contributed by atoms with Crippen molar-refractivity contribution in [3.05, 3.63) is 59.4 Å². The van der Waals surface area contributed by atoms with Crippen LogP contribution in [0.1, 0.15) is 30.4 Å². The molecule has 0 spiro atoms. The van der Waals surface area contributed by atoms with E-state index < -0.39 is 0 Å². The van der Waals surface area contributed by atoms with Crippen LogP contribution in [0.4, 0.5) is 4.39 Å². The molecule has 0 heterocycles. The quantitative estimate of drug-likeness (QED) is 0.683. The highest BCUT2D eigenvalue weighted by molar-refractivity contribution is 5.78. The number of carbonyl (C=O) groups is 1. The van der Waals surface area contributed by atoms with Gasteiger partial charge in [-0.3, -0.25) is 4.79 Å². The zero-order chi connectivity index (χ0) is 18.1. The largest absolute Gasteiger partial charge is 0.504 e. The SMILES string of the molecule is COc1cc(CC(=O)NCCCCCc2ccc(F)cc2)ccc1O. The molecule has 134 valence electrons. The third-order valence-corrected chi connectivity index (χ3v) is 3.99. The number of phenols is 1. The second kappa shape index (κ2) is 9.67. The summed E-state index contributed by atoms with van der Waals surface area (Å²) in [7, 11) is 1.48. The van der Waals surface area contributed by atoms with Crippen LogP contribution in [0.5, 0.6) is 11.5 Å². The van der Waals surface area contributed by atoms with Gasteiger partial charge in [-0.05, 0) is 54.7 Å². The summed E-state index contributed by atoms with van der Waals surface area (Å²) in [6.07, 6.45) is 4.10. The number of nitrogens with one attached hydrogen (secondary N) is 1. The zero-order valence-electron chi connectivity index (χ0n) is 14.4. The molecule has 0 radical (unpaired) electrons. The Balaban J connectivity index is 1.61. The molecule has 2 aromatic carbocycles. The molecule has 2 aromatic rings. The van der Waals surface area contributed by atoms with Gasteiger partial charge in [-0.1, -0.05) is 24.6 Å². The first-order chi connectivity index (χ1) is 12.1. The highest BCUT2D eigenvalue weighted by Gasteiger charge is 2.07. The summed E-state index contributed by atoms with van der Waals surface area (Å²) in [5, 5.41) is 12.4. The summed E-state index contributed by atoms with van der Waals surface area (Å²) in [4.78, 5) is 11.9. The molecule has 0 saturated carbocycles. The fourth-order valence-corrected chi connectivity index (χ4v) is 2.59. The maximum Gasteiger partial charge on any atom is 0.224 e. The monoisotopic (exact) mass is 345 g/mol. The lowest BCUT2D eigenvalue weighted by Crippen LogP contribution is -2.26. The fraction of sp³-hybridized carbons (Fsp3) is 0.350. The molecule has 0 bridgehead atoms. The van der Waals surface area contributed by atoms with E-state index in [0.29, 0.717) is 12.3 Å². The van der Waals surface area contributed by atoms with Crippen LogP contribution in [0.25, 0.3) is 0 Å². The van der Waals surface area contributed by atoms with E-state index in [0.717, 1.165) is 36.8 Å². The van der Waals surface area contributed by atoms with Crippen molar-refractivity contribution in [3.8, 4) is 11.5 Å². The standard InChI is InChI=1S/C20H24FNO3/c1-25-19-13-16(8-11-18(19)23)14-20(24)22-12-4-2-3-5-15-6-9-17(21)10-7-15/h6-11,13,23H,2-5,12,14H2,1H3,(H,22,24). The van der Waals surface area contributed by atoms with Gasteiger partial charge in [0, 0.05) is 6.54 Å². The van der Waals surface area contributed by atoms with E-state index in [1.807, 2.05) is 12.1 Å². The molecule has 5 heteroatoms. The van der Waals surface area contributed by atoms with Crippen molar-refractivity contribution in [1.29, 1.82) is 0 Å². The number of carbonyl (C=O) groups excluding carboxylic acids is 1. The van der Waals surface area contributed by atoms with Crippen molar-refractivity contribution in [3.63, 3.8) is 0 Å². The lowest BCUT2D eigenvalue weighted by Gasteiger charge is -2.08. The van der Waals surface area contributed by atoms with Crippen molar-refractivity contribution in [1.82, 2.24) is 5.32 Å². The van der Waals surface area contributed by atoms with Gasteiger partial charge in [-0.25, -0.2) is 4.39 Å². The second-order valence-electron chi connectivity index (χ2n) is 5.97. The molecule has 0 unspecified atom stereocenters. The molecule has 0 fully saturated rings. The van der Waals surface area contributed by atoms with Crippen molar-refractivity contribution in [2.24, 2.45) is 0 Å². The Hall–Kier alpha value is -2.56. The van der Waals surface area contributed by atoms with Crippen molar-refractivity contribution >= 4 is 5.91 Å². The Kier molecular flexibility index (Phi) is 7.26. The summed E-state index contributed by atoms with van der Waals surface area (Å²) in [5.41, 5.74) is 1.93. The summed E-state index contributed by atoms with van der Waals surface area (Å²) in [6.45, 7) is 0.636. The van der Waals surface area contributed by atoms with Gasteiger partial charge < -0.3 is 15.2 Å². The third-order valence-electron chi connectivity index (χ3n) is 3.99. The van der Waals surface area contributed by atoms with E-state index in [1.54, 1.807) is 12.1 Å². The molecule has 0 atom stereocenters. The molecule has 0 aromatic heterocycles. The van der Waals surface area contributed by atoms with Gasteiger partial charge in [0.1, 0.15) is 5.82 Å². The Morgan fingerprint density at radius 3 is 2.52 bits per heavy atom. The fourth-order valence-electron chi connectivity index (χ4n) is 2.59. The number of hydrogen-bond acceptors (Lipinski definition) is 3. The van der Waals surface area contributed by atoms with Crippen LogP contribution in [0.3, 0.4) is 0 Å². The highest BCUT2D eigenvalue weighted by atomic mass is 19.1. The summed E-state index contributed by atoms with van der Waals surface area (Å²) >= 11 is 0. The first-order valence-corrected chi connectivity index (χ1v) is 8.45. The molecular weight excluding hydrogens is 321 g/mol. The maximum absolute atomic E-state index is 12.8. The van der Waals surface area contributed by atoms with Crippen molar-refractivity contribution in [2.75, 3.05) is 13.7 Å². The average molecular weight is 345 g/mol. The van der Waals surface area contributed by atoms with Crippen LogP contribution in [0.2, 0.25) is 0 Å². The average Bonchev–Trinajstić information content (AvgIpc) is 2.61. The molecule has 1 amide bonds. The number of benzene rings is 2. The Labute approximate surface area is 147 Å². The third kappa shape index (κ3) is 6.45. The van der Waals surface area contributed by atoms with E-state index in [2.05, 4.69) is 5.32 Å². The number of halogens is 1. The molecule has 2 N–H and O–H groups in total. The molecule has 4 nitrogen and oxygen atoms in total. The lowest BCUT2D eigenvalue weighted by molar-refractivity contribution is -0.120. The first-order valence-electron chi connectivity index (χ1n) is 8.45. The van der Waals surface area contributed by atoms with Crippen LogP contribution in [0, 0.1) is 5.82 Å². The topological polar surface area (TPSA) is 58.6 Å². The number of phenolic OH excluding ortho intramolecular Hbond substituents is 1. The number of rotatable bonds is 9. The first kappa shape index (κ1) is 18.8. The number of amides is 1. The minimum Gasteiger partial charge on any atom is -0.504 e. The minimum absolute atomic E-state index is 0.0497. The molecule has 0 saturated heterocycles. The normalized spacial score (nSPS) is 10.5. The van der Waals surface area contributed by atoms with E-state index >= 15 is 0 Å². The smallest absolute Gasteiger partial charge is 0.224 e. The van der Waals surface area contributed by atoms with E-state index in [9.17, 15) is 14.3 Å². The number of methoxy groups -OCH3 is 1. The second-order valence-corrected chi connectivity index (χ2v) is 5.97.